The van der Waals surface area contributed by atoms with E-state index < -0.39 is 0 Å². The minimum absolute atomic E-state index is 0.0362. The Labute approximate surface area is 195 Å². The van der Waals surface area contributed by atoms with Crippen molar-refractivity contribution in [1.29, 1.82) is 5.41 Å². The Bertz CT molecular complexity index is 925. The summed E-state index contributed by atoms with van der Waals surface area (Å²) >= 11 is 0. The molecule has 0 spiro atoms. The fourth-order valence-electron chi connectivity index (χ4n) is 3.91. The van der Waals surface area contributed by atoms with Gasteiger partial charge < -0.3 is 20.3 Å². The largest absolute Gasteiger partial charge is 0.469 e. The zero-order valence-electron chi connectivity index (χ0n) is 19.2. The monoisotopic (exact) mass is 451 g/mol. The molecular formula is C25H33N5O3. The quantitative estimate of drug-likeness (QED) is 0.324. The Morgan fingerprint density at radius 2 is 1.67 bits per heavy atom. The normalized spacial score (nSPS) is 14.0. The van der Waals surface area contributed by atoms with E-state index >= 15 is 0 Å². The van der Waals surface area contributed by atoms with Crippen LogP contribution in [0.4, 0.5) is 5.69 Å². The molecule has 176 valence electrons. The van der Waals surface area contributed by atoms with Crippen LogP contribution in [-0.2, 0) is 20.7 Å². The second kappa shape index (κ2) is 12.0. The lowest BCUT2D eigenvalue weighted by Crippen LogP contribution is -2.50. The van der Waals surface area contributed by atoms with Crippen LogP contribution in [-0.4, -0.2) is 80.4 Å². The van der Waals surface area contributed by atoms with Crippen LogP contribution in [0, 0.1) is 5.41 Å². The summed E-state index contributed by atoms with van der Waals surface area (Å²) in [6, 6.07) is 17.7. The van der Waals surface area contributed by atoms with Crippen molar-refractivity contribution in [3.63, 3.8) is 0 Å². The molecule has 0 aliphatic carbocycles. The van der Waals surface area contributed by atoms with Gasteiger partial charge in [-0.2, -0.15) is 0 Å². The zero-order valence-corrected chi connectivity index (χ0v) is 19.2. The van der Waals surface area contributed by atoms with Crippen molar-refractivity contribution in [1.82, 2.24) is 9.80 Å². The highest BCUT2D eigenvalue weighted by molar-refractivity contribution is 5.95. The first-order valence-electron chi connectivity index (χ1n) is 11.3. The van der Waals surface area contributed by atoms with E-state index in [9.17, 15) is 9.59 Å². The van der Waals surface area contributed by atoms with E-state index in [1.165, 1.54) is 7.11 Å². The average molecular weight is 452 g/mol. The molecule has 8 nitrogen and oxygen atoms in total. The number of amides is 1. The van der Waals surface area contributed by atoms with Gasteiger partial charge in [-0.05, 0) is 36.2 Å². The Kier molecular flexibility index (Phi) is 8.83. The number of carbonyl (C=O) groups excluding carboxylic acids is 2. The van der Waals surface area contributed by atoms with Gasteiger partial charge in [0, 0.05) is 50.5 Å². The summed E-state index contributed by atoms with van der Waals surface area (Å²) in [5.41, 5.74) is 8.50. The van der Waals surface area contributed by atoms with Gasteiger partial charge in [0.1, 0.15) is 5.84 Å². The van der Waals surface area contributed by atoms with E-state index in [0.29, 0.717) is 25.2 Å². The molecular weight excluding hydrogens is 418 g/mol. The van der Waals surface area contributed by atoms with Crippen LogP contribution in [0.1, 0.15) is 17.5 Å². The smallest absolute Gasteiger partial charge is 0.307 e. The number of nitrogens with zero attached hydrogens (tertiary/aromatic N) is 3. The molecule has 1 amide bonds. The number of nitrogens with one attached hydrogen (secondary N) is 1. The second-order valence-corrected chi connectivity index (χ2v) is 8.17. The number of hydrogen-bond donors (Lipinski definition) is 2. The van der Waals surface area contributed by atoms with Gasteiger partial charge in [0.15, 0.2) is 0 Å². The summed E-state index contributed by atoms with van der Waals surface area (Å²) in [7, 11) is 1.37. The van der Waals surface area contributed by atoms with Crippen LogP contribution in [0.3, 0.4) is 0 Å². The molecule has 1 aliphatic heterocycles. The predicted octanol–water partition coefficient (Wildman–Crippen LogP) is 1.73. The van der Waals surface area contributed by atoms with Gasteiger partial charge in [-0.15, -0.1) is 0 Å². The van der Waals surface area contributed by atoms with Crippen molar-refractivity contribution >= 4 is 23.4 Å². The standard InChI is InChI=1S/C25H33N5O3/c1-33-24(32)12-14-30(13-11-20-5-3-2-4-6-20)23(31)19-28-15-17-29(18-16-28)22-9-7-21(8-10-22)25(26)27/h2-10H,11-19H2,1H3,(H3,26,27). The molecule has 2 aromatic rings. The van der Waals surface area contributed by atoms with Crippen LogP contribution in [0.15, 0.2) is 54.6 Å². The number of hydrogen-bond acceptors (Lipinski definition) is 6. The fourth-order valence-corrected chi connectivity index (χ4v) is 3.91. The van der Waals surface area contributed by atoms with Crippen LogP contribution in [0.5, 0.6) is 0 Å². The Hall–Kier alpha value is -3.39. The number of nitrogens with two attached hydrogens (primary N) is 1. The molecule has 0 aromatic heterocycles. The number of carbonyl (C=O) groups is 2. The molecule has 1 aliphatic rings. The number of methoxy groups -OCH3 is 1. The summed E-state index contributed by atoms with van der Waals surface area (Å²) in [4.78, 5) is 30.9. The van der Waals surface area contributed by atoms with Crippen molar-refractivity contribution in [2.75, 3.05) is 57.8 Å². The molecule has 1 fully saturated rings. The molecule has 3 rings (SSSR count). The first-order chi connectivity index (χ1) is 16.0. The van der Waals surface area contributed by atoms with Crippen LogP contribution in [0.2, 0.25) is 0 Å². The number of benzene rings is 2. The highest BCUT2D eigenvalue weighted by Gasteiger charge is 2.22. The van der Waals surface area contributed by atoms with Gasteiger partial charge in [-0.3, -0.25) is 19.9 Å². The van der Waals surface area contributed by atoms with E-state index in [2.05, 4.69) is 9.80 Å². The first-order valence-corrected chi connectivity index (χ1v) is 11.3. The minimum Gasteiger partial charge on any atom is -0.469 e. The zero-order chi connectivity index (χ0) is 23.6. The van der Waals surface area contributed by atoms with Gasteiger partial charge in [-0.25, -0.2) is 0 Å². The number of ether oxygens (including phenoxy) is 1. The van der Waals surface area contributed by atoms with Crippen molar-refractivity contribution < 1.29 is 14.3 Å². The number of nitrogen functional groups attached to an aromatic ring is 1. The fraction of sp³-hybridized carbons (Fsp3) is 0.400. The van der Waals surface area contributed by atoms with Gasteiger partial charge in [0.25, 0.3) is 0 Å². The van der Waals surface area contributed by atoms with Gasteiger partial charge in [-0.1, -0.05) is 30.3 Å². The van der Waals surface area contributed by atoms with E-state index in [1.807, 2.05) is 54.6 Å². The van der Waals surface area contributed by atoms with Crippen molar-refractivity contribution in [2.45, 2.75) is 12.8 Å². The molecule has 0 atom stereocenters. The maximum atomic E-state index is 13.1. The van der Waals surface area contributed by atoms with Gasteiger partial charge in [0.2, 0.25) is 5.91 Å². The Morgan fingerprint density at radius 3 is 2.27 bits per heavy atom. The Balaban J connectivity index is 1.52. The van der Waals surface area contributed by atoms with E-state index in [4.69, 9.17) is 15.9 Å². The lowest BCUT2D eigenvalue weighted by molar-refractivity contribution is -0.141. The maximum Gasteiger partial charge on any atom is 0.307 e. The van der Waals surface area contributed by atoms with Crippen molar-refractivity contribution in [3.05, 3.63) is 65.7 Å². The summed E-state index contributed by atoms with van der Waals surface area (Å²) in [5, 5.41) is 7.52. The van der Waals surface area contributed by atoms with E-state index in [0.717, 1.165) is 43.9 Å². The molecule has 3 N–H and O–H groups in total. The molecule has 8 heteroatoms. The molecule has 2 aromatic carbocycles. The lowest BCUT2D eigenvalue weighted by Gasteiger charge is -2.36. The molecule has 1 heterocycles. The second-order valence-electron chi connectivity index (χ2n) is 8.17. The molecule has 0 unspecified atom stereocenters. The molecule has 33 heavy (non-hydrogen) atoms. The SMILES string of the molecule is COC(=O)CCN(CCc1ccccc1)C(=O)CN1CCN(c2ccc(C(=N)N)cc2)CC1. The van der Waals surface area contributed by atoms with Crippen molar-refractivity contribution in [3.8, 4) is 0 Å². The number of anilines is 1. The third-order valence-corrected chi connectivity index (χ3v) is 5.95. The third-order valence-electron chi connectivity index (χ3n) is 5.95. The number of rotatable bonds is 10. The molecule has 0 saturated carbocycles. The van der Waals surface area contributed by atoms with Crippen LogP contribution < -0.4 is 10.6 Å². The van der Waals surface area contributed by atoms with E-state index in [1.54, 1.807) is 4.90 Å². The lowest BCUT2D eigenvalue weighted by atomic mass is 10.1. The summed E-state index contributed by atoms with van der Waals surface area (Å²) in [6.07, 6.45) is 0.943. The predicted molar refractivity (Wildman–Crippen MR) is 129 cm³/mol. The average Bonchev–Trinajstić information content (AvgIpc) is 2.85. The topological polar surface area (TPSA) is 103 Å². The Morgan fingerprint density at radius 1 is 1.00 bits per heavy atom. The summed E-state index contributed by atoms with van der Waals surface area (Å²) in [6.45, 7) is 4.47. The summed E-state index contributed by atoms with van der Waals surface area (Å²) < 4.78 is 4.76. The molecule has 1 saturated heterocycles. The van der Waals surface area contributed by atoms with Crippen LogP contribution >= 0.6 is 0 Å². The maximum absolute atomic E-state index is 13.1. The number of esters is 1. The molecule has 0 bridgehead atoms. The first kappa shape index (κ1) is 24.3. The number of piperazine rings is 1. The van der Waals surface area contributed by atoms with Gasteiger partial charge >= 0.3 is 5.97 Å². The highest BCUT2D eigenvalue weighted by atomic mass is 16.5. The number of amidine groups is 1. The van der Waals surface area contributed by atoms with Crippen molar-refractivity contribution in [2.24, 2.45) is 5.73 Å². The third kappa shape index (κ3) is 7.32. The minimum atomic E-state index is -0.308. The van der Waals surface area contributed by atoms with Gasteiger partial charge in [0.05, 0.1) is 20.1 Å². The highest BCUT2D eigenvalue weighted by Crippen LogP contribution is 2.17. The van der Waals surface area contributed by atoms with Crippen LogP contribution in [0.25, 0.3) is 0 Å². The molecule has 0 radical (unpaired) electrons. The summed E-state index contributed by atoms with van der Waals surface area (Å²) in [5.74, 6) is -0.208. The van der Waals surface area contributed by atoms with E-state index in [-0.39, 0.29) is 24.1 Å².